The van der Waals surface area contributed by atoms with Gasteiger partial charge >= 0.3 is 0 Å². The molecule has 50 heavy (non-hydrogen) atoms. The molecular formula is C45H54O4Si. The molecule has 0 aromatic heterocycles. The van der Waals surface area contributed by atoms with Crippen LogP contribution in [0.2, 0.25) is 0 Å². The molecule has 3 aromatic carbocycles. The van der Waals surface area contributed by atoms with Gasteiger partial charge in [-0.3, -0.25) is 0 Å². The minimum absolute atomic E-state index is 0.132. The second-order valence-electron chi connectivity index (χ2n) is 16.2. The average molecular weight is 687 g/mol. The molecule has 8 rings (SSSR count). The van der Waals surface area contributed by atoms with E-state index in [-0.39, 0.29) is 17.1 Å². The van der Waals surface area contributed by atoms with Gasteiger partial charge in [0.25, 0.3) is 8.32 Å². The first kappa shape index (κ1) is 33.9. The van der Waals surface area contributed by atoms with Crippen molar-refractivity contribution in [3.05, 3.63) is 114 Å². The molecule has 7 atom stereocenters. The van der Waals surface area contributed by atoms with Gasteiger partial charge in [-0.2, -0.15) is 0 Å². The zero-order valence-corrected chi connectivity index (χ0v) is 31.0. The van der Waals surface area contributed by atoms with Crippen molar-refractivity contribution in [3.8, 4) is 0 Å². The van der Waals surface area contributed by atoms with E-state index in [4.69, 9.17) is 13.9 Å². The van der Waals surface area contributed by atoms with Crippen molar-refractivity contribution in [2.75, 3.05) is 6.61 Å². The van der Waals surface area contributed by atoms with Crippen molar-refractivity contribution in [3.63, 3.8) is 0 Å². The lowest BCUT2D eigenvalue weighted by Gasteiger charge is -2.60. The summed E-state index contributed by atoms with van der Waals surface area (Å²) in [4.78, 5) is 13.3. The Kier molecular flexibility index (Phi) is 9.28. The van der Waals surface area contributed by atoms with E-state index in [1.807, 2.05) is 6.26 Å². The lowest BCUT2D eigenvalue weighted by atomic mass is 9.46. The van der Waals surface area contributed by atoms with Gasteiger partial charge in [0.15, 0.2) is 6.29 Å². The molecule has 0 bridgehead atoms. The van der Waals surface area contributed by atoms with Crippen LogP contribution in [-0.2, 0) is 18.7 Å². The van der Waals surface area contributed by atoms with Gasteiger partial charge < -0.3 is 18.7 Å². The summed E-state index contributed by atoms with van der Waals surface area (Å²) >= 11 is 0. The summed E-state index contributed by atoms with van der Waals surface area (Å²) in [6.07, 6.45) is 18.3. The number of fused-ring (bicyclic) bond motifs is 5. The normalized spacial score (nSPS) is 34.1. The van der Waals surface area contributed by atoms with E-state index in [0.717, 1.165) is 77.2 Å². The summed E-state index contributed by atoms with van der Waals surface area (Å²) in [6, 6.07) is 33.1. The Hall–Kier alpha value is -3.25. The summed E-state index contributed by atoms with van der Waals surface area (Å²) in [5.74, 6) is 1.39. The van der Waals surface area contributed by atoms with E-state index < -0.39 is 13.9 Å². The Morgan fingerprint density at radius 1 is 0.740 bits per heavy atom. The Labute approximate surface area is 300 Å². The standard InChI is InChI=1S/C45H54O4Si/c1-34-15-14-27-44(33-46)39(34)24-23-38-40-26-29-45(43(40,2)28-25-41(38)44,30-32-48-42-22-12-13-31-47-42)49-50(35-16-6-3-7-17-35,36-18-8-4-9-19-36)37-20-10-5-11-21-37/h3-11,16-21,30,32-33,38,40-42H,12-15,22-29,31H2,1-2H3/t38-,40-,41-,42?,43-,44+,45+/m0/s1. The molecule has 0 spiro atoms. The van der Waals surface area contributed by atoms with Crippen LogP contribution in [0.15, 0.2) is 114 Å². The number of allylic oxidation sites excluding steroid dienone is 2. The molecule has 3 aromatic rings. The van der Waals surface area contributed by atoms with Gasteiger partial charge in [0.1, 0.15) is 6.29 Å². The van der Waals surface area contributed by atoms with Crippen molar-refractivity contribution in [2.24, 2.45) is 28.6 Å². The molecule has 0 radical (unpaired) electrons. The molecule has 1 heterocycles. The van der Waals surface area contributed by atoms with E-state index in [1.165, 1.54) is 39.4 Å². The molecule has 0 amide bonds. The highest BCUT2D eigenvalue weighted by Crippen LogP contribution is 2.69. The second kappa shape index (κ2) is 13.7. The largest absolute Gasteiger partial charge is 0.473 e. The number of rotatable bonds is 9. The van der Waals surface area contributed by atoms with Crippen LogP contribution in [0, 0.1) is 28.6 Å². The Bertz CT molecular complexity index is 1600. The SMILES string of the molecule is CC1=C2CC[C@@H]3[C@H](CC[C@@]4(C)[C@H]3CC[C@]4(C=COC3CCCCO3)O[Si](c3ccccc3)(c3ccccc3)c3ccccc3)[C@@]2(C=O)CCC1. The first-order chi connectivity index (χ1) is 24.5. The molecule has 5 aliphatic rings. The van der Waals surface area contributed by atoms with Gasteiger partial charge in [-0.25, -0.2) is 0 Å². The van der Waals surface area contributed by atoms with Gasteiger partial charge in [-0.1, -0.05) is 109 Å². The van der Waals surface area contributed by atoms with Crippen LogP contribution in [0.3, 0.4) is 0 Å². The molecule has 1 saturated heterocycles. The van der Waals surface area contributed by atoms with Crippen LogP contribution in [-0.4, -0.2) is 33.1 Å². The number of hydrogen-bond donors (Lipinski definition) is 0. The number of benzene rings is 3. The molecule has 0 N–H and O–H groups in total. The monoisotopic (exact) mass is 686 g/mol. The topological polar surface area (TPSA) is 44.8 Å². The first-order valence-corrected chi connectivity index (χ1v) is 21.3. The number of aldehydes is 1. The van der Waals surface area contributed by atoms with Crippen LogP contribution in [0.4, 0.5) is 0 Å². The molecule has 3 saturated carbocycles. The van der Waals surface area contributed by atoms with Gasteiger partial charge in [-0.05, 0) is 117 Å². The van der Waals surface area contributed by atoms with Gasteiger partial charge in [-0.15, -0.1) is 0 Å². The predicted octanol–water partition coefficient (Wildman–Crippen LogP) is 8.39. The highest BCUT2D eigenvalue weighted by atomic mass is 28.4. The van der Waals surface area contributed by atoms with Crippen LogP contribution in [0.25, 0.3) is 0 Å². The number of carbonyl (C=O) groups excluding carboxylic acids is 1. The fourth-order valence-electron chi connectivity index (χ4n) is 11.6. The Morgan fingerprint density at radius 2 is 1.38 bits per heavy atom. The summed E-state index contributed by atoms with van der Waals surface area (Å²) in [7, 11) is -3.08. The smallest absolute Gasteiger partial charge is 0.289 e. The number of hydrogen-bond acceptors (Lipinski definition) is 4. The van der Waals surface area contributed by atoms with Crippen LogP contribution in [0.1, 0.15) is 90.9 Å². The lowest BCUT2D eigenvalue weighted by Crippen LogP contribution is -2.73. The quantitative estimate of drug-likeness (QED) is 0.0746. The molecule has 1 aliphatic heterocycles. The van der Waals surface area contributed by atoms with Gasteiger partial charge in [0.2, 0.25) is 0 Å². The number of carbonyl (C=O) groups is 1. The maximum Gasteiger partial charge on any atom is 0.289 e. The third-order valence-corrected chi connectivity index (χ3v) is 18.1. The van der Waals surface area contributed by atoms with Crippen molar-refractivity contribution in [1.29, 1.82) is 0 Å². The molecule has 5 heteroatoms. The zero-order chi connectivity index (χ0) is 34.2. The molecular weight excluding hydrogens is 633 g/mol. The van der Waals surface area contributed by atoms with Crippen molar-refractivity contribution >= 4 is 30.2 Å². The van der Waals surface area contributed by atoms with E-state index in [9.17, 15) is 4.79 Å². The zero-order valence-electron chi connectivity index (χ0n) is 30.0. The van der Waals surface area contributed by atoms with Crippen LogP contribution in [0.5, 0.6) is 0 Å². The number of ether oxygens (including phenoxy) is 2. The minimum atomic E-state index is -3.08. The summed E-state index contributed by atoms with van der Waals surface area (Å²) in [6.45, 7) is 5.59. The van der Waals surface area contributed by atoms with Gasteiger partial charge in [0, 0.05) is 11.8 Å². The molecule has 4 aliphatic carbocycles. The minimum Gasteiger partial charge on any atom is -0.473 e. The van der Waals surface area contributed by atoms with Gasteiger partial charge in [0.05, 0.1) is 23.9 Å². The van der Waals surface area contributed by atoms with E-state index in [0.29, 0.717) is 17.8 Å². The highest BCUT2D eigenvalue weighted by molar-refractivity contribution is 7.07. The molecule has 4 fully saturated rings. The van der Waals surface area contributed by atoms with Crippen molar-refractivity contribution in [2.45, 2.75) is 103 Å². The molecule has 1 unspecified atom stereocenters. The summed E-state index contributed by atoms with van der Waals surface area (Å²) in [5, 5.41) is 3.77. The predicted molar refractivity (Wildman–Crippen MR) is 203 cm³/mol. The average Bonchev–Trinajstić information content (AvgIpc) is 3.46. The van der Waals surface area contributed by atoms with E-state index >= 15 is 0 Å². The van der Waals surface area contributed by atoms with E-state index in [2.05, 4.69) is 111 Å². The van der Waals surface area contributed by atoms with Crippen LogP contribution < -0.4 is 15.6 Å². The third-order valence-electron chi connectivity index (χ3n) is 14.0. The Morgan fingerprint density at radius 3 is 1.98 bits per heavy atom. The van der Waals surface area contributed by atoms with Crippen molar-refractivity contribution in [1.82, 2.24) is 0 Å². The molecule has 4 nitrogen and oxygen atoms in total. The second-order valence-corrected chi connectivity index (χ2v) is 19.5. The van der Waals surface area contributed by atoms with Crippen LogP contribution >= 0.6 is 0 Å². The first-order valence-electron chi connectivity index (χ1n) is 19.4. The lowest BCUT2D eigenvalue weighted by molar-refractivity contribution is -0.134. The third kappa shape index (κ3) is 5.42. The summed E-state index contributed by atoms with van der Waals surface area (Å²) < 4.78 is 20.8. The van der Waals surface area contributed by atoms with Crippen molar-refractivity contribution < 1.29 is 18.7 Å². The fourth-order valence-corrected chi connectivity index (χ4v) is 15.9. The molecule has 262 valence electrons. The highest BCUT2D eigenvalue weighted by Gasteiger charge is 2.67. The Balaban J connectivity index is 1.27. The fraction of sp³-hybridized carbons (Fsp3) is 0.489. The van der Waals surface area contributed by atoms with E-state index in [1.54, 1.807) is 0 Å². The summed E-state index contributed by atoms with van der Waals surface area (Å²) in [5.41, 5.74) is 2.01. The maximum atomic E-state index is 13.3. The maximum absolute atomic E-state index is 13.3.